The van der Waals surface area contributed by atoms with Crippen LogP contribution >= 0.6 is 11.6 Å². The maximum absolute atomic E-state index is 6.21. The average Bonchev–Trinajstić information content (AvgIpc) is 2.49. The lowest BCUT2D eigenvalue weighted by Crippen LogP contribution is -2.06. The van der Waals surface area contributed by atoms with E-state index in [1.165, 1.54) is 0 Å². The van der Waals surface area contributed by atoms with Gasteiger partial charge in [0.2, 0.25) is 0 Å². The highest BCUT2D eigenvalue weighted by molar-refractivity contribution is 6.31. The van der Waals surface area contributed by atoms with E-state index in [2.05, 4.69) is 0 Å². The summed E-state index contributed by atoms with van der Waals surface area (Å²) >= 11 is 6.21. The number of benzene rings is 1. The summed E-state index contributed by atoms with van der Waals surface area (Å²) in [7, 11) is 0. The number of hydrogen-bond donors (Lipinski definition) is 1. The molecule has 1 aliphatic heterocycles. The maximum Gasteiger partial charge on any atom is 0.164 e. The molecule has 1 heterocycles. The summed E-state index contributed by atoms with van der Waals surface area (Å²) in [5.74, 6) is 1.58. The quantitative estimate of drug-likeness (QED) is 0.864. The van der Waals surface area contributed by atoms with Crippen molar-refractivity contribution in [2.24, 2.45) is 5.73 Å². The van der Waals surface area contributed by atoms with Crippen molar-refractivity contribution in [2.75, 3.05) is 19.8 Å². The maximum atomic E-state index is 6.21. The van der Waals surface area contributed by atoms with E-state index >= 15 is 0 Å². The van der Waals surface area contributed by atoms with Gasteiger partial charge >= 0.3 is 0 Å². The van der Waals surface area contributed by atoms with Crippen LogP contribution in [0.15, 0.2) is 6.07 Å². The second-order valence-corrected chi connectivity index (χ2v) is 4.29. The molecule has 1 aromatic carbocycles. The van der Waals surface area contributed by atoms with Crippen LogP contribution in [0.5, 0.6) is 11.5 Å². The van der Waals surface area contributed by atoms with Crippen molar-refractivity contribution < 1.29 is 9.47 Å². The fourth-order valence-corrected chi connectivity index (χ4v) is 2.26. The van der Waals surface area contributed by atoms with Gasteiger partial charge in [-0.15, -0.1) is 0 Å². The van der Waals surface area contributed by atoms with Crippen LogP contribution in [0, 0.1) is 6.92 Å². The molecular formula is C12H16ClNO2. The molecule has 2 rings (SSSR count). The summed E-state index contributed by atoms with van der Waals surface area (Å²) in [5.41, 5.74) is 7.69. The van der Waals surface area contributed by atoms with Crippen LogP contribution in [-0.2, 0) is 6.42 Å². The molecule has 1 aromatic rings. The van der Waals surface area contributed by atoms with Crippen molar-refractivity contribution in [1.29, 1.82) is 0 Å². The van der Waals surface area contributed by atoms with Crippen LogP contribution in [-0.4, -0.2) is 19.8 Å². The van der Waals surface area contributed by atoms with Gasteiger partial charge < -0.3 is 15.2 Å². The van der Waals surface area contributed by atoms with E-state index in [4.69, 9.17) is 26.8 Å². The Morgan fingerprint density at radius 3 is 2.88 bits per heavy atom. The highest BCUT2D eigenvalue weighted by atomic mass is 35.5. The fraction of sp³-hybridized carbons (Fsp3) is 0.500. The number of halogens is 1. The Labute approximate surface area is 100 Å². The van der Waals surface area contributed by atoms with Gasteiger partial charge in [-0.25, -0.2) is 0 Å². The minimum Gasteiger partial charge on any atom is -0.489 e. The lowest BCUT2D eigenvalue weighted by atomic mass is 10.0. The molecule has 0 saturated carbocycles. The summed E-state index contributed by atoms with van der Waals surface area (Å²) in [6.45, 7) is 3.96. The summed E-state index contributed by atoms with van der Waals surface area (Å²) in [4.78, 5) is 0. The largest absolute Gasteiger partial charge is 0.489 e. The van der Waals surface area contributed by atoms with Crippen molar-refractivity contribution in [2.45, 2.75) is 19.8 Å². The number of ether oxygens (including phenoxy) is 2. The molecule has 0 aliphatic carbocycles. The van der Waals surface area contributed by atoms with Gasteiger partial charge in [0.25, 0.3) is 0 Å². The first kappa shape index (κ1) is 11.6. The molecule has 0 atom stereocenters. The molecule has 0 bridgehead atoms. The van der Waals surface area contributed by atoms with Crippen LogP contribution in [0.2, 0.25) is 5.02 Å². The Kier molecular flexibility index (Phi) is 3.56. The molecule has 0 unspecified atom stereocenters. The van der Waals surface area contributed by atoms with Gasteiger partial charge in [-0.1, -0.05) is 11.6 Å². The van der Waals surface area contributed by atoms with Gasteiger partial charge in [0.15, 0.2) is 11.5 Å². The average molecular weight is 242 g/mol. The van der Waals surface area contributed by atoms with Crippen molar-refractivity contribution in [3.63, 3.8) is 0 Å². The summed E-state index contributed by atoms with van der Waals surface area (Å²) in [6, 6.07) is 1.83. The van der Waals surface area contributed by atoms with E-state index in [0.29, 0.717) is 24.8 Å². The molecule has 0 amide bonds. The predicted octanol–water partition coefficient (Wildman–Crippen LogP) is 2.31. The Hall–Kier alpha value is -0.930. The number of fused-ring (bicyclic) bond motifs is 1. The van der Waals surface area contributed by atoms with Gasteiger partial charge in [0.1, 0.15) is 0 Å². The van der Waals surface area contributed by atoms with E-state index in [1.54, 1.807) is 0 Å². The van der Waals surface area contributed by atoms with Gasteiger partial charge in [0.05, 0.1) is 13.2 Å². The summed E-state index contributed by atoms with van der Waals surface area (Å²) in [5, 5.41) is 0.715. The van der Waals surface area contributed by atoms with E-state index in [9.17, 15) is 0 Å². The molecule has 2 N–H and O–H groups in total. The monoisotopic (exact) mass is 241 g/mol. The Morgan fingerprint density at radius 1 is 1.38 bits per heavy atom. The van der Waals surface area contributed by atoms with E-state index in [0.717, 1.165) is 35.5 Å². The first-order valence-corrected chi connectivity index (χ1v) is 5.89. The lowest BCUT2D eigenvalue weighted by molar-refractivity contribution is 0.296. The molecule has 0 fully saturated rings. The van der Waals surface area contributed by atoms with E-state index in [1.807, 2.05) is 13.0 Å². The molecule has 1 aliphatic rings. The number of rotatable bonds is 2. The van der Waals surface area contributed by atoms with Gasteiger partial charge in [-0.3, -0.25) is 0 Å². The summed E-state index contributed by atoms with van der Waals surface area (Å²) < 4.78 is 11.3. The van der Waals surface area contributed by atoms with Crippen LogP contribution in [0.25, 0.3) is 0 Å². The molecule has 0 radical (unpaired) electrons. The van der Waals surface area contributed by atoms with Crippen molar-refractivity contribution >= 4 is 11.6 Å². The second kappa shape index (κ2) is 4.93. The zero-order valence-corrected chi connectivity index (χ0v) is 10.1. The zero-order valence-electron chi connectivity index (χ0n) is 9.38. The highest BCUT2D eigenvalue weighted by Crippen LogP contribution is 2.39. The first-order chi connectivity index (χ1) is 7.74. The SMILES string of the molecule is Cc1c(CCN)c(Cl)cc2c1OCCCO2. The lowest BCUT2D eigenvalue weighted by Gasteiger charge is -2.15. The molecule has 0 saturated heterocycles. The minimum atomic E-state index is 0.584. The van der Waals surface area contributed by atoms with Crippen molar-refractivity contribution in [3.8, 4) is 11.5 Å². The second-order valence-electron chi connectivity index (χ2n) is 3.88. The van der Waals surface area contributed by atoms with E-state index in [-0.39, 0.29) is 0 Å². The van der Waals surface area contributed by atoms with Gasteiger partial charge in [-0.2, -0.15) is 0 Å². The van der Waals surface area contributed by atoms with Crippen LogP contribution in [0.3, 0.4) is 0 Å². The molecule has 0 aromatic heterocycles. The number of nitrogens with two attached hydrogens (primary N) is 1. The Morgan fingerprint density at radius 2 is 2.12 bits per heavy atom. The highest BCUT2D eigenvalue weighted by Gasteiger charge is 2.18. The Bertz CT molecular complexity index is 393. The topological polar surface area (TPSA) is 44.5 Å². The molecule has 0 spiro atoms. The summed E-state index contributed by atoms with van der Waals surface area (Å²) in [6.07, 6.45) is 1.67. The first-order valence-electron chi connectivity index (χ1n) is 5.51. The molecule has 4 heteroatoms. The standard InChI is InChI=1S/C12H16ClNO2/c1-8-9(3-4-14)10(13)7-11-12(8)16-6-2-5-15-11/h7H,2-6,14H2,1H3. The van der Waals surface area contributed by atoms with Crippen LogP contribution in [0.4, 0.5) is 0 Å². The van der Waals surface area contributed by atoms with Crippen LogP contribution < -0.4 is 15.2 Å². The molecule has 88 valence electrons. The minimum absolute atomic E-state index is 0.584. The fourth-order valence-electron chi connectivity index (χ4n) is 1.92. The third kappa shape index (κ3) is 2.11. The van der Waals surface area contributed by atoms with Crippen LogP contribution in [0.1, 0.15) is 17.5 Å². The van der Waals surface area contributed by atoms with Gasteiger partial charge in [0, 0.05) is 17.5 Å². The predicted molar refractivity (Wildman–Crippen MR) is 64.6 cm³/mol. The van der Waals surface area contributed by atoms with E-state index < -0.39 is 0 Å². The van der Waals surface area contributed by atoms with Crippen molar-refractivity contribution in [1.82, 2.24) is 0 Å². The normalized spacial score (nSPS) is 14.7. The third-order valence-electron chi connectivity index (χ3n) is 2.75. The Balaban J connectivity index is 2.47. The third-order valence-corrected chi connectivity index (χ3v) is 3.09. The number of hydrogen-bond acceptors (Lipinski definition) is 3. The molecule has 16 heavy (non-hydrogen) atoms. The smallest absolute Gasteiger partial charge is 0.164 e. The zero-order chi connectivity index (χ0) is 11.5. The molecular weight excluding hydrogens is 226 g/mol. The molecule has 3 nitrogen and oxygen atoms in total. The van der Waals surface area contributed by atoms with Gasteiger partial charge in [-0.05, 0) is 31.0 Å². The van der Waals surface area contributed by atoms with Crippen molar-refractivity contribution in [3.05, 3.63) is 22.2 Å².